The third-order valence-corrected chi connectivity index (χ3v) is 4.31. The van der Waals surface area contributed by atoms with Gasteiger partial charge >= 0.3 is 0 Å². The van der Waals surface area contributed by atoms with Crippen molar-refractivity contribution < 1.29 is 13.9 Å². The Bertz CT molecular complexity index is 784. The molecule has 0 bridgehead atoms. The van der Waals surface area contributed by atoms with Gasteiger partial charge in [0.15, 0.2) is 5.96 Å². The van der Waals surface area contributed by atoms with Crippen molar-refractivity contribution >= 4 is 23.4 Å². The molecule has 5 nitrogen and oxygen atoms in total. The summed E-state index contributed by atoms with van der Waals surface area (Å²) in [6.45, 7) is 5.31. The van der Waals surface area contributed by atoms with Gasteiger partial charge in [0.25, 0.3) is 0 Å². The lowest BCUT2D eigenvalue weighted by molar-refractivity contribution is 0.332. The van der Waals surface area contributed by atoms with Crippen LogP contribution in [-0.2, 0) is 12.3 Å². The molecule has 0 aliphatic rings. The number of guanidine groups is 1. The van der Waals surface area contributed by atoms with Gasteiger partial charge in [-0.25, -0.2) is 9.38 Å². The van der Waals surface area contributed by atoms with Crippen LogP contribution in [0.3, 0.4) is 0 Å². The average molecular weight is 392 g/mol. The number of hydrogen-bond donors (Lipinski definition) is 2. The minimum absolute atomic E-state index is 0.244. The van der Waals surface area contributed by atoms with E-state index in [1.807, 2.05) is 38.3 Å². The quantitative estimate of drug-likeness (QED) is 0.489. The Morgan fingerprint density at radius 2 is 1.89 bits per heavy atom. The predicted molar refractivity (Wildman–Crippen MR) is 111 cm³/mol. The lowest BCUT2D eigenvalue weighted by atomic mass is 10.1. The number of nitrogens with two attached hydrogens (primary N) is 1. The van der Waals surface area contributed by atoms with Crippen LogP contribution >= 0.6 is 11.8 Å². The Morgan fingerprint density at radius 3 is 2.59 bits per heavy atom. The molecule has 0 saturated heterocycles. The number of nitrogens with zero attached hydrogens (tertiary/aromatic N) is 1. The zero-order chi connectivity index (χ0) is 19.6. The van der Waals surface area contributed by atoms with Crippen LogP contribution in [0.2, 0.25) is 0 Å². The van der Waals surface area contributed by atoms with Crippen molar-refractivity contribution in [3.05, 3.63) is 53.3 Å². The van der Waals surface area contributed by atoms with Crippen LogP contribution in [0.5, 0.6) is 11.5 Å². The average Bonchev–Trinajstić information content (AvgIpc) is 2.64. The third-order valence-electron chi connectivity index (χ3n) is 3.71. The molecule has 27 heavy (non-hydrogen) atoms. The van der Waals surface area contributed by atoms with Crippen molar-refractivity contribution in [1.82, 2.24) is 0 Å². The summed E-state index contributed by atoms with van der Waals surface area (Å²) >= 11 is 1.64. The molecular weight excluding hydrogens is 365 g/mol. The second-order valence-electron chi connectivity index (χ2n) is 5.70. The molecule has 3 N–H and O–H groups in total. The molecule has 7 heteroatoms. The summed E-state index contributed by atoms with van der Waals surface area (Å²) < 4.78 is 24.6. The summed E-state index contributed by atoms with van der Waals surface area (Å²) in [7, 11) is 0. The zero-order valence-corrected chi connectivity index (χ0v) is 16.7. The summed E-state index contributed by atoms with van der Waals surface area (Å²) in [5.74, 6) is 2.12. The van der Waals surface area contributed by atoms with E-state index in [1.165, 1.54) is 6.07 Å². The van der Waals surface area contributed by atoms with E-state index in [4.69, 9.17) is 15.2 Å². The molecular formula is C20H26FN3O2S. The number of nitrogens with one attached hydrogen (secondary N) is 1. The Labute approximate surface area is 164 Å². The summed E-state index contributed by atoms with van der Waals surface area (Å²) in [5.41, 5.74) is 8.62. The molecule has 2 rings (SSSR count). The maximum atomic E-state index is 13.5. The molecule has 2 aromatic carbocycles. The lowest BCUT2D eigenvalue weighted by Gasteiger charge is -2.14. The Kier molecular flexibility index (Phi) is 8.26. The Balaban J connectivity index is 2.16. The molecule has 0 amide bonds. The van der Waals surface area contributed by atoms with Crippen LogP contribution in [-0.4, -0.2) is 25.4 Å². The van der Waals surface area contributed by atoms with E-state index in [2.05, 4.69) is 10.3 Å². The fourth-order valence-corrected chi connectivity index (χ4v) is 3.11. The highest BCUT2D eigenvalue weighted by Crippen LogP contribution is 2.29. The van der Waals surface area contributed by atoms with Gasteiger partial charge in [0, 0.05) is 11.8 Å². The van der Waals surface area contributed by atoms with Crippen molar-refractivity contribution in [2.75, 3.05) is 24.8 Å². The molecule has 146 valence electrons. The van der Waals surface area contributed by atoms with Crippen LogP contribution in [0.1, 0.15) is 25.0 Å². The van der Waals surface area contributed by atoms with Gasteiger partial charge in [0.2, 0.25) is 0 Å². The molecule has 0 aromatic heterocycles. The summed E-state index contributed by atoms with van der Waals surface area (Å²) in [6.07, 6.45) is 1.98. The second-order valence-corrected chi connectivity index (χ2v) is 6.56. The largest absolute Gasteiger partial charge is 0.494 e. The first-order valence-electron chi connectivity index (χ1n) is 8.80. The second kappa shape index (κ2) is 10.7. The molecule has 0 atom stereocenters. The standard InChI is InChI=1S/C20H26FN3O2S/c1-4-25-17-8-9-19(26-5-2)18(11-17)24-20(22)23-12-14-6-7-16(21)10-15(14)13-27-3/h6-11H,4-5,12-13H2,1-3H3,(H3,22,23,24). The van der Waals surface area contributed by atoms with Crippen molar-refractivity contribution in [1.29, 1.82) is 0 Å². The number of benzene rings is 2. The fourth-order valence-electron chi connectivity index (χ4n) is 2.53. The van der Waals surface area contributed by atoms with E-state index < -0.39 is 0 Å². The minimum atomic E-state index is -0.244. The first kappa shape index (κ1) is 20.9. The maximum absolute atomic E-state index is 13.5. The molecule has 0 spiro atoms. The van der Waals surface area contributed by atoms with E-state index in [0.717, 1.165) is 22.6 Å². The van der Waals surface area contributed by atoms with Crippen molar-refractivity contribution in [2.45, 2.75) is 26.1 Å². The van der Waals surface area contributed by atoms with Crippen LogP contribution in [0, 0.1) is 5.82 Å². The normalized spacial score (nSPS) is 11.3. The number of thioether (sulfide) groups is 1. The van der Waals surface area contributed by atoms with Crippen LogP contribution in [0.25, 0.3) is 0 Å². The van der Waals surface area contributed by atoms with Gasteiger partial charge in [-0.2, -0.15) is 11.8 Å². The number of rotatable bonds is 9. The summed E-state index contributed by atoms with van der Waals surface area (Å²) in [5, 5.41) is 3.07. The molecule has 0 saturated carbocycles. The predicted octanol–water partition coefficient (Wildman–Crippen LogP) is 4.41. The van der Waals surface area contributed by atoms with Crippen molar-refractivity contribution in [3.63, 3.8) is 0 Å². The van der Waals surface area contributed by atoms with E-state index in [1.54, 1.807) is 23.9 Å². The number of ether oxygens (including phenoxy) is 2. The third kappa shape index (κ3) is 6.36. The zero-order valence-electron chi connectivity index (χ0n) is 15.9. The number of halogens is 1. The molecule has 0 aliphatic carbocycles. The first-order chi connectivity index (χ1) is 13.1. The van der Waals surface area contributed by atoms with E-state index in [0.29, 0.717) is 31.2 Å². The van der Waals surface area contributed by atoms with Crippen LogP contribution in [0.4, 0.5) is 10.1 Å². The van der Waals surface area contributed by atoms with Gasteiger partial charge in [-0.3, -0.25) is 0 Å². The first-order valence-corrected chi connectivity index (χ1v) is 10.2. The van der Waals surface area contributed by atoms with Crippen LogP contribution in [0.15, 0.2) is 41.4 Å². The maximum Gasteiger partial charge on any atom is 0.193 e. The number of anilines is 1. The Hall–Kier alpha value is -2.41. The van der Waals surface area contributed by atoms with Gasteiger partial charge < -0.3 is 20.5 Å². The highest BCUT2D eigenvalue weighted by atomic mass is 32.2. The number of hydrogen-bond acceptors (Lipinski definition) is 4. The fraction of sp³-hybridized carbons (Fsp3) is 0.350. The number of aliphatic imine (C=N–C) groups is 1. The minimum Gasteiger partial charge on any atom is -0.494 e. The van der Waals surface area contributed by atoms with Crippen molar-refractivity contribution in [3.8, 4) is 11.5 Å². The molecule has 0 aliphatic heterocycles. The monoisotopic (exact) mass is 391 g/mol. The SMILES string of the molecule is CCOc1ccc(OCC)c(NC(N)=NCc2ccc(F)cc2CSC)c1. The molecule has 0 unspecified atom stereocenters. The summed E-state index contributed by atoms with van der Waals surface area (Å²) in [6, 6.07) is 10.2. The van der Waals surface area contributed by atoms with E-state index in [9.17, 15) is 4.39 Å². The molecule has 0 radical (unpaired) electrons. The molecule has 0 fully saturated rings. The Morgan fingerprint density at radius 1 is 1.11 bits per heavy atom. The molecule has 0 heterocycles. The highest BCUT2D eigenvalue weighted by Gasteiger charge is 2.08. The molecule has 2 aromatic rings. The highest BCUT2D eigenvalue weighted by molar-refractivity contribution is 7.97. The van der Waals surface area contributed by atoms with Crippen LogP contribution < -0.4 is 20.5 Å². The lowest BCUT2D eigenvalue weighted by Crippen LogP contribution is -2.23. The van der Waals surface area contributed by atoms with Gasteiger partial charge in [-0.05, 0) is 55.5 Å². The van der Waals surface area contributed by atoms with Gasteiger partial charge in [-0.1, -0.05) is 6.07 Å². The van der Waals surface area contributed by atoms with E-state index in [-0.39, 0.29) is 11.8 Å². The smallest absolute Gasteiger partial charge is 0.193 e. The van der Waals surface area contributed by atoms with Gasteiger partial charge in [-0.15, -0.1) is 0 Å². The van der Waals surface area contributed by atoms with Crippen molar-refractivity contribution in [2.24, 2.45) is 10.7 Å². The van der Waals surface area contributed by atoms with Gasteiger partial charge in [0.05, 0.1) is 25.4 Å². The summed E-state index contributed by atoms with van der Waals surface area (Å²) in [4.78, 5) is 4.39. The topological polar surface area (TPSA) is 68.9 Å². The van der Waals surface area contributed by atoms with Gasteiger partial charge in [0.1, 0.15) is 17.3 Å². The van der Waals surface area contributed by atoms with E-state index >= 15 is 0 Å².